The van der Waals surface area contributed by atoms with Crippen LogP contribution in [0.25, 0.3) is 0 Å². The maximum absolute atomic E-state index is 13.9. The Balaban J connectivity index is 1.15. The van der Waals surface area contributed by atoms with Gasteiger partial charge in [-0.05, 0) is 122 Å². The first-order valence-corrected chi connectivity index (χ1v) is 21.2. The van der Waals surface area contributed by atoms with Crippen molar-refractivity contribution in [2.45, 2.75) is 203 Å². The molecule has 0 amide bonds. The van der Waals surface area contributed by atoms with Crippen LogP contribution in [0.3, 0.4) is 0 Å². The van der Waals surface area contributed by atoms with Crippen LogP contribution < -0.4 is 0 Å². The van der Waals surface area contributed by atoms with Gasteiger partial charge in [0.05, 0.1) is 0 Å². The summed E-state index contributed by atoms with van der Waals surface area (Å²) < 4.78 is 0. The van der Waals surface area contributed by atoms with Crippen LogP contribution in [0.1, 0.15) is 203 Å². The molecule has 268 valence electrons. The van der Waals surface area contributed by atoms with E-state index in [2.05, 4.69) is 68.0 Å². The summed E-state index contributed by atoms with van der Waals surface area (Å²) in [5, 5.41) is 0. The zero-order valence-corrected chi connectivity index (χ0v) is 32.8. The SMILES string of the molecule is C=C(C)[C@@H]1CC[C@]2(C)C3=CC[C@@H]4[C@@]5(C)CC[C@H](C(=O)CCCCCCCCCCCCCCC)C(C)(C)[C@@H]5CC[C@@]4(C)[C@]3(C)CC[C@H]12. The number of fused-ring (bicyclic) bond motifs is 7. The third-order valence-corrected chi connectivity index (χ3v) is 16.9. The number of carbonyl (C=O) groups excluding carboxylic acids is 1. The molecule has 9 atom stereocenters. The summed E-state index contributed by atoms with van der Waals surface area (Å²) in [6.07, 6.45) is 33.2. The number of hydrogen-bond acceptors (Lipinski definition) is 1. The highest BCUT2D eigenvalue weighted by Crippen LogP contribution is 2.77. The summed E-state index contributed by atoms with van der Waals surface area (Å²) in [5.74, 6) is 3.77. The van der Waals surface area contributed by atoms with E-state index in [9.17, 15) is 4.79 Å². The number of Topliss-reactive ketones (excluding diaryl/α,β-unsaturated/α-hetero) is 1. The van der Waals surface area contributed by atoms with E-state index in [4.69, 9.17) is 0 Å². The third kappa shape index (κ3) is 6.68. The summed E-state index contributed by atoms with van der Waals surface area (Å²) in [4.78, 5) is 13.9. The van der Waals surface area contributed by atoms with Crippen LogP contribution in [-0.4, -0.2) is 5.78 Å². The van der Waals surface area contributed by atoms with Crippen molar-refractivity contribution in [3.05, 3.63) is 23.8 Å². The minimum absolute atomic E-state index is 0.108. The van der Waals surface area contributed by atoms with Crippen LogP contribution in [0.2, 0.25) is 0 Å². The van der Waals surface area contributed by atoms with E-state index in [1.54, 1.807) is 0 Å². The van der Waals surface area contributed by atoms with Gasteiger partial charge in [0.1, 0.15) is 5.78 Å². The molecular formula is C46H78O. The van der Waals surface area contributed by atoms with Crippen molar-refractivity contribution in [3.63, 3.8) is 0 Å². The second-order valence-electron chi connectivity index (χ2n) is 19.7. The van der Waals surface area contributed by atoms with Gasteiger partial charge in [0.15, 0.2) is 0 Å². The molecule has 0 N–H and O–H groups in total. The van der Waals surface area contributed by atoms with E-state index < -0.39 is 0 Å². The minimum atomic E-state index is 0.108. The Bertz CT molecular complexity index is 1130. The number of hydrogen-bond donors (Lipinski definition) is 0. The van der Waals surface area contributed by atoms with Crippen LogP contribution in [0.4, 0.5) is 0 Å². The molecule has 0 aliphatic heterocycles. The highest BCUT2D eigenvalue weighted by Gasteiger charge is 2.69. The number of unbranched alkanes of at least 4 members (excludes halogenated alkanes) is 12. The highest BCUT2D eigenvalue weighted by molar-refractivity contribution is 5.82. The van der Waals surface area contributed by atoms with Crippen LogP contribution in [0, 0.1) is 56.7 Å². The van der Waals surface area contributed by atoms with Crippen LogP contribution in [0.5, 0.6) is 0 Å². The molecule has 0 bridgehead atoms. The van der Waals surface area contributed by atoms with Gasteiger partial charge in [0, 0.05) is 12.3 Å². The Morgan fingerprint density at radius 1 is 0.723 bits per heavy atom. The number of carbonyl (C=O) groups is 1. The maximum Gasteiger partial charge on any atom is 0.136 e. The van der Waals surface area contributed by atoms with Crippen molar-refractivity contribution in [2.75, 3.05) is 0 Å². The average molecular weight is 647 g/mol. The van der Waals surface area contributed by atoms with Gasteiger partial charge < -0.3 is 0 Å². The fourth-order valence-electron chi connectivity index (χ4n) is 14.0. The highest BCUT2D eigenvalue weighted by atomic mass is 16.1. The molecule has 47 heavy (non-hydrogen) atoms. The van der Waals surface area contributed by atoms with Gasteiger partial charge >= 0.3 is 0 Å². The Morgan fingerprint density at radius 3 is 1.91 bits per heavy atom. The maximum atomic E-state index is 13.9. The first kappa shape index (κ1) is 37.4. The van der Waals surface area contributed by atoms with Crippen LogP contribution in [0.15, 0.2) is 23.8 Å². The molecule has 5 aliphatic rings. The molecule has 0 aromatic carbocycles. The molecule has 0 aromatic heterocycles. The molecule has 5 rings (SSSR count). The first-order chi connectivity index (χ1) is 22.3. The van der Waals surface area contributed by atoms with E-state index in [0.717, 1.165) is 37.0 Å². The van der Waals surface area contributed by atoms with Crippen molar-refractivity contribution in [1.82, 2.24) is 0 Å². The number of allylic oxidation sites excluding steroid dienone is 3. The lowest BCUT2D eigenvalue weighted by molar-refractivity contribution is -0.191. The molecule has 4 fully saturated rings. The fraction of sp³-hybridized carbons (Fsp3) is 0.891. The smallest absolute Gasteiger partial charge is 0.136 e. The van der Waals surface area contributed by atoms with E-state index in [0.29, 0.717) is 33.4 Å². The monoisotopic (exact) mass is 647 g/mol. The molecule has 5 aliphatic carbocycles. The van der Waals surface area contributed by atoms with Crippen molar-refractivity contribution >= 4 is 5.78 Å². The van der Waals surface area contributed by atoms with E-state index in [-0.39, 0.29) is 11.3 Å². The second-order valence-corrected chi connectivity index (χ2v) is 19.7. The van der Waals surface area contributed by atoms with Gasteiger partial charge in [-0.3, -0.25) is 4.79 Å². The molecule has 1 nitrogen and oxygen atoms in total. The number of rotatable bonds is 16. The molecular weight excluding hydrogens is 569 g/mol. The zero-order chi connectivity index (χ0) is 34.1. The summed E-state index contributed by atoms with van der Waals surface area (Å²) in [6, 6.07) is 0. The second kappa shape index (κ2) is 14.8. The molecule has 0 heterocycles. The predicted molar refractivity (Wildman–Crippen MR) is 203 cm³/mol. The van der Waals surface area contributed by atoms with Gasteiger partial charge in [-0.15, -0.1) is 0 Å². The predicted octanol–water partition coefficient (Wildman–Crippen LogP) is 14.3. The van der Waals surface area contributed by atoms with Gasteiger partial charge in [-0.2, -0.15) is 0 Å². The van der Waals surface area contributed by atoms with Crippen molar-refractivity contribution in [1.29, 1.82) is 0 Å². The fourth-order valence-corrected chi connectivity index (χ4v) is 14.0. The zero-order valence-electron chi connectivity index (χ0n) is 32.8. The van der Waals surface area contributed by atoms with Gasteiger partial charge in [0.25, 0.3) is 0 Å². The first-order valence-electron chi connectivity index (χ1n) is 21.2. The summed E-state index contributed by atoms with van der Waals surface area (Å²) >= 11 is 0. The molecule has 0 radical (unpaired) electrons. The molecule has 0 aromatic rings. The standard InChI is InChI=1S/C46H78O/c1-10-11-12-13-14-15-16-17-18-19-20-21-22-23-38(47)37-27-31-44(7)39(42(37,4)5)29-33-46(9)41(44)25-24-40-43(6)30-26-35(34(2)3)36(43)28-32-45(40,46)8/h24,35-37,39,41H,2,10-23,25-33H2,1,3-9H3/t35-,36+,37+,39-,41+,43-,44-,45+,46+/m0/s1. The molecule has 0 saturated heterocycles. The van der Waals surface area contributed by atoms with Gasteiger partial charge in [-0.25, -0.2) is 0 Å². The summed E-state index contributed by atoms with van der Waals surface area (Å²) in [5.41, 5.74) is 4.76. The summed E-state index contributed by atoms with van der Waals surface area (Å²) in [7, 11) is 0. The Morgan fingerprint density at radius 2 is 1.32 bits per heavy atom. The van der Waals surface area contributed by atoms with Crippen molar-refractivity contribution < 1.29 is 4.79 Å². The van der Waals surface area contributed by atoms with Crippen molar-refractivity contribution in [3.8, 4) is 0 Å². The van der Waals surface area contributed by atoms with Crippen LogP contribution in [-0.2, 0) is 4.79 Å². The minimum Gasteiger partial charge on any atom is -0.299 e. The molecule has 4 saturated carbocycles. The lowest BCUT2D eigenvalue weighted by Crippen LogP contribution is -2.64. The van der Waals surface area contributed by atoms with E-state index in [1.165, 1.54) is 134 Å². The average Bonchev–Trinajstić information content (AvgIpc) is 3.37. The van der Waals surface area contributed by atoms with Crippen LogP contribution >= 0.6 is 0 Å². The molecule has 0 unspecified atom stereocenters. The Kier molecular flexibility index (Phi) is 11.8. The Hall–Kier alpha value is -0.850. The Labute approximate surface area is 293 Å². The largest absolute Gasteiger partial charge is 0.299 e. The lowest BCUT2D eigenvalue weighted by atomic mass is 9.33. The normalized spacial score (nSPS) is 40.5. The van der Waals surface area contributed by atoms with E-state index >= 15 is 0 Å². The topological polar surface area (TPSA) is 17.1 Å². The lowest BCUT2D eigenvalue weighted by Gasteiger charge is -2.71. The third-order valence-electron chi connectivity index (χ3n) is 16.9. The molecule has 0 spiro atoms. The van der Waals surface area contributed by atoms with Gasteiger partial charge in [0.2, 0.25) is 0 Å². The summed E-state index contributed by atoms with van der Waals surface area (Å²) in [6.45, 7) is 24.9. The van der Waals surface area contributed by atoms with E-state index in [1.807, 2.05) is 5.57 Å². The molecule has 1 heteroatoms. The van der Waals surface area contributed by atoms with Gasteiger partial charge in [-0.1, -0.05) is 149 Å². The van der Waals surface area contributed by atoms with Crippen molar-refractivity contribution in [2.24, 2.45) is 56.7 Å². The quantitative estimate of drug-likeness (QED) is 0.120. The number of ketones is 1.